The van der Waals surface area contributed by atoms with Crippen LogP contribution in [0.2, 0.25) is 5.02 Å². The first-order chi connectivity index (χ1) is 13.2. The van der Waals surface area contributed by atoms with Gasteiger partial charge in [0.05, 0.1) is 11.4 Å². The Labute approximate surface area is 172 Å². The first kappa shape index (κ1) is 20.8. The number of hydrogen-bond acceptors (Lipinski definition) is 4. The van der Waals surface area contributed by atoms with Gasteiger partial charge in [-0.2, -0.15) is 0 Å². The third-order valence-corrected chi connectivity index (χ3v) is 5.89. The number of pyridine rings is 1. The summed E-state index contributed by atoms with van der Waals surface area (Å²) in [6, 6.07) is 6.90. The highest BCUT2D eigenvalue weighted by molar-refractivity contribution is 7.90. The summed E-state index contributed by atoms with van der Waals surface area (Å²) in [4.78, 5) is 6.55. The van der Waals surface area contributed by atoms with E-state index in [4.69, 9.17) is 23.4 Å². The van der Waals surface area contributed by atoms with Crippen LogP contribution in [0.25, 0.3) is 22.0 Å². The van der Waals surface area contributed by atoms with E-state index in [1.165, 1.54) is 12.3 Å². The molecule has 0 aliphatic heterocycles. The lowest BCUT2D eigenvalue weighted by atomic mass is 10.0. The van der Waals surface area contributed by atoms with Gasteiger partial charge in [-0.25, -0.2) is 17.6 Å². The van der Waals surface area contributed by atoms with Gasteiger partial charge in [-0.05, 0) is 49.0 Å². The number of nitrogens with zero attached hydrogens (tertiary/aromatic N) is 2. The first-order valence-corrected chi connectivity index (χ1v) is 11.0. The van der Waals surface area contributed by atoms with Crippen LogP contribution < -0.4 is 4.84 Å². The van der Waals surface area contributed by atoms with Crippen molar-refractivity contribution in [2.75, 3.05) is 12.8 Å². The predicted octanol–water partition coefficient (Wildman–Crippen LogP) is 4.67. The molecule has 0 atom stereocenters. The number of allylic oxidation sites excluding steroid dienone is 1. The van der Waals surface area contributed by atoms with E-state index in [1.807, 2.05) is 17.6 Å². The predicted molar refractivity (Wildman–Crippen MR) is 111 cm³/mol. The minimum Gasteiger partial charge on any atom is -0.337 e. The smallest absolute Gasteiger partial charge is 0.177 e. The summed E-state index contributed by atoms with van der Waals surface area (Å²) in [7, 11) is -3.41. The summed E-state index contributed by atoms with van der Waals surface area (Å²) >= 11 is 11.6. The van der Waals surface area contributed by atoms with Crippen LogP contribution in [0.1, 0.15) is 5.69 Å². The van der Waals surface area contributed by atoms with Gasteiger partial charge >= 0.3 is 0 Å². The molecule has 0 bridgehead atoms. The van der Waals surface area contributed by atoms with E-state index >= 15 is 0 Å². The van der Waals surface area contributed by atoms with Crippen molar-refractivity contribution in [1.82, 2.24) is 14.4 Å². The van der Waals surface area contributed by atoms with E-state index in [9.17, 15) is 12.8 Å². The minimum atomic E-state index is -3.41. The first-order valence-electron chi connectivity index (χ1n) is 8.34. The maximum Gasteiger partial charge on any atom is 0.177 e. The lowest BCUT2D eigenvalue weighted by molar-refractivity contribution is 0.555. The Hall–Kier alpha value is -1.93. The van der Waals surface area contributed by atoms with Crippen LogP contribution in [0, 0.1) is 6.92 Å². The number of fused-ring (bicyclic) bond motifs is 1. The van der Waals surface area contributed by atoms with Crippen molar-refractivity contribution in [2.24, 2.45) is 0 Å². The van der Waals surface area contributed by atoms with E-state index in [0.29, 0.717) is 10.6 Å². The summed E-state index contributed by atoms with van der Waals surface area (Å²) in [6.45, 7) is 2.07. The molecule has 0 aliphatic carbocycles. The molecule has 0 saturated carbocycles. The second-order valence-electron chi connectivity index (χ2n) is 6.38. The molecule has 0 saturated heterocycles. The number of benzene rings is 1. The van der Waals surface area contributed by atoms with Crippen molar-refractivity contribution >= 4 is 44.1 Å². The maximum atomic E-state index is 14.3. The van der Waals surface area contributed by atoms with Gasteiger partial charge in [0.15, 0.2) is 9.84 Å². The van der Waals surface area contributed by atoms with Crippen LogP contribution in [-0.4, -0.2) is 30.8 Å². The van der Waals surface area contributed by atoms with Gasteiger partial charge < -0.3 is 4.57 Å². The molecule has 2 heterocycles. The summed E-state index contributed by atoms with van der Waals surface area (Å²) in [5.74, 6) is -0.349. The molecule has 1 N–H and O–H groups in total. The van der Waals surface area contributed by atoms with Crippen molar-refractivity contribution in [3.8, 4) is 11.1 Å². The van der Waals surface area contributed by atoms with Crippen LogP contribution >= 0.6 is 23.4 Å². The fourth-order valence-electron chi connectivity index (χ4n) is 3.15. The van der Waals surface area contributed by atoms with Crippen LogP contribution in [0.4, 0.5) is 4.39 Å². The average molecular weight is 442 g/mol. The average Bonchev–Trinajstić information content (AvgIpc) is 2.90. The monoisotopic (exact) mass is 441 g/mol. The van der Waals surface area contributed by atoms with Crippen molar-refractivity contribution in [3.05, 3.63) is 59.3 Å². The van der Waals surface area contributed by atoms with E-state index in [0.717, 1.165) is 28.4 Å². The molecule has 0 radical (unpaired) electrons. The zero-order valence-electron chi connectivity index (χ0n) is 15.2. The van der Waals surface area contributed by atoms with Gasteiger partial charge in [0.25, 0.3) is 0 Å². The van der Waals surface area contributed by atoms with E-state index in [-0.39, 0.29) is 23.8 Å². The molecular weight excluding hydrogens is 424 g/mol. The third-order valence-electron chi connectivity index (χ3n) is 4.43. The van der Waals surface area contributed by atoms with Crippen LogP contribution in [-0.2, 0) is 16.4 Å². The minimum absolute atomic E-state index is 0.0156. The van der Waals surface area contributed by atoms with Crippen molar-refractivity contribution in [2.45, 2.75) is 18.4 Å². The molecule has 3 rings (SSSR count). The molecule has 28 heavy (non-hydrogen) atoms. The number of nitrogens with one attached hydrogen (secondary N) is 1. The largest absolute Gasteiger partial charge is 0.337 e. The van der Waals surface area contributed by atoms with Gasteiger partial charge in [-0.15, -0.1) is 0 Å². The lowest BCUT2D eigenvalue weighted by Crippen LogP contribution is -2.04. The molecule has 0 unspecified atom stereocenters. The summed E-state index contributed by atoms with van der Waals surface area (Å²) in [6.07, 6.45) is 5.39. The van der Waals surface area contributed by atoms with E-state index < -0.39 is 9.84 Å². The molecule has 148 valence electrons. The van der Waals surface area contributed by atoms with Gasteiger partial charge in [-0.1, -0.05) is 11.6 Å². The molecule has 2 aromatic heterocycles. The van der Waals surface area contributed by atoms with Gasteiger partial charge in [0.2, 0.25) is 0 Å². The molecule has 0 spiro atoms. The Bertz CT molecular complexity index is 1170. The normalized spacial score (nSPS) is 12.7. The van der Waals surface area contributed by atoms with E-state index in [1.54, 1.807) is 24.4 Å². The fraction of sp³-hybridized carbons (Fsp3) is 0.211. The third kappa shape index (κ3) is 4.22. The Kier molecular flexibility index (Phi) is 6.09. The number of rotatable bonds is 6. The lowest BCUT2D eigenvalue weighted by Gasteiger charge is -2.08. The number of hydrogen-bond donors (Lipinski definition) is 1. The van der Waals surface area contributed by atoms with E-state index in [2.05, 4.69) is 9.82 Å². The molecular formula is C19H18Cl2FN3O2S. The van der Waals surface area contributed by atoms with Crippen molar-refractivity contribution in [1.29, 1.82) is 0 Å². The Morgan fingerprint density at radius 3 is 2.75 bits per heavy atom. The molecule has 0 aliphatic rings. The van der Waals surface area contributed by atoms with Gasteiger partial charge in [-0.3, -0.25) is 4.98 Å². The van der Waals surface area contributed by atoms with Crippen LogP contribution in [0.15, 0.2) is 53.5 Å². The fourth-order valence-corrected chi connectivity index (χ4v) is 3.99. The summed E-state index contributed by atoms with van der Waals surface area (Å²) in [5.41, 5.74) is 2.94. The molecule has 0 amide bonds. The molecule has 3 aromatic rings. The zero-order chi connectivity index (χ0) is 20.5. The highest BCUT2D eigenvalue weighted by atomic mass is 35.5. The molecule has 0 fully saturated rings. The SMILES string of the molecule is Cc1c(-c2cncc(S(C)(=O)=O)c2)c2cc(Cl)ccc2n1C/C(F)=C/CNCl. The van der Waals surface area contributed by atoms with Crippen molar-refractivity contribution < 1.29 is 12.8 Å². The second-order valence-corrected chi connectivity index (χ2v) is 9.10. The molecule has 1 aromatic carbocycles. The van der Waals surface area contributed by atoms with Crippen molar-refractivity contribution in [3.63, 3.8) is 0 Å². The van der Waals surface area contributed by atoms with Gasteiger partial charge in [0.1, 0.15) is 5.83 Å². The highest BCUT2D eigenvalue weighted by Crippen LogP contribution is 2.37. The number of halogens is 3. The summed E-state index contributed by atoms with van der Waals surface area (Å²) < 4.78 is 40.0. The van der Waals surface area contributed by atoms with Gasteiger partial charge in [0, 0.05) is 57.9 Å². The molecule has 5 nitrogen and oxygen atoms in total. The standard InChI is InChI=1S/C19H18Cl2FN3O2S/c1-12-19(13-7-16(10-23-9-13)28(2,26)27)17-8-14(20)3-4-18(17)25(12)11-15(22)5-6-24-21/h3-5,7-10,24H,6,11H2,1-2H3/b15-5-. The molecule has 9 heteroatoms. The Morgan fingerprint density at radius 1 is 1.32 bits per heavy atom. The number of sulfone groups is 1. The number of aromatic nitrogens is 2. The zero-order valence-corrected chi connectivity index (χ0v) is 17.5. The summed E-state index contributed by atoms with van der Waals surface area (Å²) in [5, 5.41) is 1.32. The topological polar surface area (TPSA) is 64.0 Å². The Balaban J connectivity index is 2.24. The van der Waals surface area contributed by atoms with Crippen LogP contribution in [0.5, 0.6) is 0 Å². The maximum absolute atomic E-state index is 14.3. The van der Waals surface area contributed by atoms with Crippen LogP contribution in [0.3, 0.4) is 0 Å². The Morgan fingerprint density at radius 2 is 2.07 bits per heavy atom. The highest BCUT2D eigenvalue weighted by Gasteiger charge is 2.19. The quantitative estimate of drug-likeness (QED) is 0.564. The second kappa shape index (κ2) is 8.21.